The van der Waals surface area contributed by atoms with Gasteiger partial charge in [-0.2, -0.15) is 0 Å². The summed E-state index contributed by atoms with van der Waals surface area (Å²) >= 11 is 11.4. The van der Waals surface area contributed by atoms with E-state index < -0.39 is 40.2 Å². The summed E-state index contributed by atoms with van der Waals surface area (Å²) in [7, 11) is 0. The first-order valence-electron chi connectivity index (χ1n) is 7.05. The number of aromatic carboxylic acids is 1. The molecule has 1 aromatic heterocycles. The predicted octanol–water partition coefficient (Wildman–Crippen LogP) is 3.68. The number of benzene rings is 1. The third-order valence-electron chi connectivity index (χ3n) is 3.91. The first-order valence-corrected chi connectivity index (χ1v) is 7.80. The number of hydrogen-bond donors (Lipinski definition) is 2. The van der Waals surface area contributed by atoms with Crippen LogP contribution in [0.2, 0.25) is 5.02 Å². The Balaban J connectivity index is 2.43. The van der Waals surface area contributed by atoms with Gasteiger partial charge in [-0.25, -0.2) is 18.0 Å². The molecule has 0 aliphatic heterocycles. The van der Waals surface area contributed by atoms with Gasteiger partial charge in [0.1, 0.15) is 11.4 Å². The zero-order chi connectivity index (χ0) is 19.4. The largest absolute Gasteiger partial charge is 0.477 e. The van der Waals surface area contributed by atoms with E-state index in [-0.39, 0.29) is 27.7 Å². The van der Waals surface area contributed by atoms with E-state index in [1.54, 1.807) is 0 Å². The van der Waals surface area contributed by atoms with Crippen LogP contribution in [0.4, 0.5) is 18.9 Å². The zero-order valence-corrected chi connectivity index (χ0v) is 14.2. The molecule has 5 nitrogen and oxygen atoms in total. The van der Waals surface area contributed by atoms with Gasteiger partial charge in [0, 0.05) is 18.2 Å². The second kappa shape index (κ2) is 6.07. The normalized spacial score (nSPS) is 19.0. The summed E-state index contributed by atoms with van der Waals surface area (Å²) < 4.78 is 42.7. The molecule has 136 valence electrons. The van der Waals surface area contributed by atoms with E-state index in [9.17, 15) is 27.9 Å². The Morgan fingerprint density at radius 3 is 2.62 bits per heavy atom. The number of hydrogen-bond acceptors (Lipinski definition) is 3. The number of aromatic nitrogens is 1. The van der Waals surface area contributed by atoms with Crippen LogP contribution in [0.5, 0.6) is 0 Å². The topological polar surface area (TPSA) is 85.3 Å². The molecule has 2 aromatic rings. The van der Waals surface area contributed by atoms with Gasteiger partial charge in [-0.1, -0.05) is 23.2 Å². The highest BCUT2D eigenvalue weighted by Crippen LogP contribution is 2.39. The monoisotopic (exact) mass is 404 g/mol. The fraction of sp³-hybridized carbons (Fsp3) is 0.125. The molecule has 1 aliphatic carbocycles. The molecule has 1 aliphatic rings. The van der Waals surface area contributed by atoms with Crippen molar-refractivity contribution in [3.8, 4) is 5.69 Å². The Morgan fingerprint density at radius 1 is 1.35 bits per heavy atom. The van der Waals surface area contributed by atoms with Crippen LogP contribution in [0.25, 0.3) is 11.8 Å². The summed E-state index contributed by atoms with van der Waals surface area (Å²) in [6, 6.07) is 1.96. The zero-order valence-electron chi connectivity index (χ0n) is 12.7. The lowest BCUT2D eigenvalue weighted by molar-refractivity contribution is 0.0694. The van der Waals surface area contributed by atoms with Crippen molar-refractivity contribution in [2.45, 2.75) is 11.5 Å². The molecule has 1 aromatic carbocycles. The van der Waals surface area contributed by atoms with Crippen LogP contribution in [-0.2, 0) is 6.42 Å². The summed E-state index contributed by atoms with van der Waals surface area (Å²) in [6.45, 7) is 0. The Bertz CT molecular complexity index is 1050. The minimum Gasteiger partial charge on any atom is -0.477 e. The number of rotatable bonds is 2. The summed E-state index contributed by atoms with van der Waals surface area (Å²) in [5.41, 5.74) is 2.92. The molecule has 0 amide bonds. The number of fused-ring (bicyclic) bond motifs is 1. The molecule has 3 rings (SSSR count). The number of carbonyl (C=O) groups is 1. The van der Waals surface area contributed by atoms with Gasteiger partial charge in [0.25, 0.3) is 0 Å². The number of nitrogen functional groups attached to an aromatic ring is 1. The lowest BCUT2D eigenvalue weighted by Crippen LogP contribution is -2.32. The molecule has 0 radical (unpaired) electrons. The molecular formula is C16H9Cl2F3N2O3. The number of nitrogens with two attached hydrogens (primary N) is 1. The van der Waals surface area contributed by atoms with Crippen molar-refractivity contribution in [3.63, 3.8) is 0 Å². The Kier molecular flexibility index (Phi) is 4.28. The Hall–Kier alpha value is -2.45. The lowest BCUT2D eigenvalue weighted by atomic mass is 9.96. The average molecular weight is 405 g/mol. The van der Waals surface area contributed by atoms with Gasteiger partial charge in [-0.05, 0) is 18.2 Å². The summed E-state index contributed by atoms with van der Waals surface area (Å²) in [4.78, 5) is 23.7. The van der Waals surface area contributed by atoms with Crippen molar-refractivity contribution in [2.75, 3.05) is 5.73 Å². The average Bonchev–Trinajstić information content (AvgIpc) is 2.53. The van der Waals surface area contributed by atoms with Crippen LogP contribution in [0.15, 0.2) is 29.0 Å². The molecule has 3 N–H and O–H groups in total. The maximum absolute atomic E-state index is 14.1. The van der Waals surface area contributed by atoms with Crippen LogP contribution < -0.4 is 11.2 Å². The standard InChI is InChI=1S/C16H9Cl2F3N2O3/c17-8-1-9(19)10(22)2-12(8)23-5-7(15(25)26)14(24)6-4-16(18,21)13(20)3-11(6)23/h1-3,5H,4,22H2,(H,25,26). The van der Waals surface area contributed by atoms with Crippen molar-refractivity contribution < 1.29 is 23.1 Å². The molecule has 10 heteroatoms. The van der Waals surface area contributed by atoms with Crippen molar-refractivity contribution in [3.05, 3.63) is 62.0 Å². The number of carboxylic acid groups (broad SMARTS) is 1. The van der Waals surface area contributed by atoms with Crippen LogP contribution in [0.1, 0.15) is 21.6 Å². The summed E-state index contributed by atoms with van der Waals surface area (Å²) in [5, 5.41) is 6.08. The number of pyridine rings is 1. The number of nitrogens with zero attached hydrogens (tertiary/aromatic N) is 1. The summed E-state index contributed by atoms with van der Waals surface area (Å²) in [5.74, 6) is -3.78. The number of carboxylic acids is 1. The Morgan fingerprint density at radius 2 is 2.00 bits per heavy atom. The highest BCUT2D eigenvalue weighted by atomic mass is 35.5. The summed E-state index contributed by atoms with van der Waals surface area (Å²) in [6.07, 6.45) is 0.653. The lowest BCUT2D eigenvalue weighted by Gasteiger charge is -2.25. The number of allylic oxidation sites excluding steroid dienone is 1. The molecule has 1 unspecified atom stereocenters. The van der Waals surface area contributed by atoms with E-state index in [1.165, 1.54) is 0 Å². The van der Waals surface area contributed by atoms with E-state index >= 15 is 0 Å². The number of halogens is 5. The van der Waals surface area contributed by atoms with Crippen LogP contribution in [0, 0.1) is 5.82 Å². The van der Waals surface area contributed by atoms with Crippen LogP contribution in [0.3, 0.4) is 0 Å². The van der Waals surface area contributed by atoms with Gasteiger partial charge >= 0.3 is 5.97 Å². The molecule has 1 atom stereocenters. The van der Waals surface area contributed by atoms with E-state index in [0.717, 1.165) is 22.9 Å². The second-order valence-corrected chi connectivity index (χ2v) is 6.62. The van der Waals surface area contributed by atoms with Gasteiger partial charge in [-0.15, -0.1) is 0 Å². The molecule has 0 saturated carbocycles. The van der Waals surface area contributed by atoms with Crippen LogP contribution >= 0.6 is 23.2 Å². The molecule has 26 heavy (non-hydrogen) atoms. The first-order chi connectivity index (χ1) is 12.0. The molecule has 0 fully saturated rings. The molecule has 0 saturated heterocycles. The maximum Gasteiger partial charge on any atom is 0.341 e. The highest BCUT2D eigenvalue weighted by molar-refractivity contribution is 6.32. The minimum absolute atomic E-state index is 0.0192. The maximum atomic E-state index is 14.1. The van der Waals surface area contributed by atoms with E-state index in [4.69, 9.17) is 28.9 Å². The number of alkyl halides is 2. The fourth-order valence-corrected chi connectivity index (χ4v) is 3.06. The third-order valence-corrected chi connectivity index (χ3v) is 4.53. The second-order valence-electron chi connectivity index (χ2n) is 5.61. The minimum atomic E-state index is -2.98. The molecule has 0 spiro atoms. The molecule has 1 heterocycles. The quantitative estimate of drug-likeness (QED) is 0.590. The van der Waals surface area contributed by atoms with Gasteiger partial charge in [-0.3, -0.25) is 4.79 Å². The van der Waals surface area contributed by atoms with E-state index in [2.05, 4.69) is 0 Å². The molecular weight excluding hydrogens is 396 g/mol. The molecule has 0 bridgehead atoms. The smallest absolute Gasteiger partial charge is 0.341 e. The number of anilines is 1. The van der Waals surface area contributed by atoms with Crippen molar-refractivity contribution in [2.24, 2.45) is 0 Å². The first kappa shape index (κ1) is 18.3. The van der Waals surface area contributed by atoms with Gasteiger partial charge < -0.3 is 15.4 Å². The van der Waals surface area contributed by atoms with Gasteiger partial charge in [0.05, 0.1) is 22.1 Å². The van der Waals surface area contributed by atoms with Gasteiger partial charge in [0.2, 0.25) is 5.13 Å². The van der Waals surface area contributed by atoms with Crippen molar-refractivity contribution in [1.29, 1.82) is 0 Å². The predicted molar refractivity (Wildman–Crippen MR) is 90.9 cm³/mol. The van der Waals surface area contributed by atoms with Crippen LogP contribution in [-0.4, -0.2) is 20.8 Å². The van der Waals surface area contributed by atoms with Gasteiger partial charge in [0.15, 0.2) is 11.3 Å². The van der Waals surface area contributed by atoms with E-state index in [0.29, 0.717) is 6.08 Å². The van der Waals surface area contributed by atoms with E-state index in [1.807, 2.05) is 0 Å². The van der Waals surface area contributed by atoms with Crippen molar-refractivity contribution in [1.82, 2.24) is 4.57 Å². The Labute approximate surface area is 154 Å². The highest BCUT2D eigenvalue weighted by Gasteiger charge is 2.39. The third kappa shape index (κ3) is 2.85. The SMILES string of the molecule is Nc1cc(-n2cc(C(=O)O)c(=O)c3c2C=C(F)C(F)(Cl)C3)c(Cl)cc1F. The fourth-order valence-electron chi connectivity index (χ4n) is 2.63. The van der Waals surface area contributed by atoms with Crippen molar-refractivity contribution >= 4 is 40.9 Å².